The maximum absolute atomic E-state index is 9.98. The number of ketones is 1. The van der Waals surface area contributed by atoms with Crippen LogP contribution in [-0.4, -0.2) is 5.78 Å². The molecule has 0 aromatic carbocycles. The van der Waals surface area contributed by atoms with Crippen LogP contribution in [0, 0.1) is 0 Å². The van der Waals surface area contributed by atoms with Crippen molar-refractivity contribution in [1.82, 2.24) is 0 Å². The van der Waals surface area contributed by atoms with Crippen molar-refractivity contribution >= 4 is 5.78 Å². The monoisotopic (exact) mass is 294 g/mol. The number of carbonyl (C=O) groups is 1. The SMILES string of the molecule is CC(=O)/C=C(/C)[O-].[Pt+2]. The van der Waals surface area contributed by atoms with Gasteiger partial charge in [0.25, 0.3) is 0 Å². The molecule has 8 heavy (non-hydrogen) atoms. The van der Waals surface area contributed by atoms with Crippen LogP contribution in [0.3, 0.4) is 0 Å². The Balaban J connectivity index is 0. The van der Waals surface area contributed by atoms with E-state index >= 15 is 0 Å². The minimum Gasteiger partial charge on any atom is -0.876 e. The van der Waals surface area contributed by atoms with Gasteiger partial charge in [0.15, 0.2) is 5.78 Å². The molecule has 0 unspecified atom stereocenters. The summed E-state index contributed by atoms with van der Waals surface area (Å²) in [6, 6.07) is 0. The molecule has 0 atom stereocenters. The van der Waals surface area contributed by atoms with Crippen molar-refractivity contribution < 1.29 is 31.0 Å². The Morgan fingerprint density at radius 2 is 1.88 bits per heavy atom. The van der Waals surface area contributed by atoms with Crippen molar-refractivity contribution in [2.75, 3.05) is 0 Å². The summed E-state index contributed by atoms with van der Waals surface area (Å²) >= 11 is 0. The minimum absolute atomic E-state index is 0. The molecule has 0 aliphatic rings. The summed E-state index contributed by atoms with van der Waals surface area (Å²) in [7, 11) is 0. The van der Waals surface area contributed by atoms with Gasteiger partial charge in [-0.2, -0.15) is 0 Å². The Labute approximate surface area is 62.9 Å². The molecule has 0 aliphatic heterocycles. The van der Waals surface area contributed by atoms with Gasteiger partial charge in [0.05, 0.1) is 0 Å². The average Bonchev–Trinajstić information content (AvgIpc) is 1.27. The van der Waals surface area contributed by atoms with Gasteiger partial charge in [-0.25, -0.2) is 0 Å². The molecule has 0 heterocycles. The molecule has 48 valence electrons. The number of rotatable bonds is 1. The number of carbonyl (C=O) groups excluding carboxylic acids is 1. The molecule has 0 amide bonds. The van der Waals surface area contributed by atoms with E-state index in [0.29, 0.717) is 0 Å². The topological polar surface area (TPSA) is 40.1 Å². The summed E-state index contributed by atoms with van der Waals surface area (Å²) in [5.74, 6) is -0.375. The maximum atomic E-state index is 9.98. The van der Waals surface area contributed by atoms with Crippen LogP contribution in [0.4, 0.5) is 0 Å². The van der Waals surface area contributed by atoms with Gasteiger partial charge in [0, 0.05) is 0 Å². The van der Waals surface area contributed by atoms with Crippen LogP contribution < -0.4 is 5.11 Å². The van der Waals surface area contributed by atoms with Gasteiger partial charge >= 0.3 is 21.1 Å². The Kier molecular flexibility index (Phi) is 6.81. The zero-order valence-electron chi connectivity index (χ0n) is 4.71. The number of hydrogen-bond acceptors (Lipinski definition) is 2. The molecule has 0 aromatic rings. The Hall–Kier alpha value is -0.102. The third-order valence-electron chi connectivity index (χ3n) is 0.407. The second-order valence-electron chi connectivity index (χ2n) is 1.37. The average molecular weight is 294 g/mol. The molecule has 0 bridgehead atoms. The van der Waals surface area contributed by atoms with Crippen LogP contribution in [-0.2, 0) is 25.9 Å². The van der Waals surface area contributed by atoms with Gasteiger partial charge < -0.3 is 5.11 Å². The van der Waals surface area contributed by atoms with Crippen LogP contribution in [0.5, 0.6) is 0 Å². The normalized spacial score (nSPS) is 10.0. The summed E-state index contributed by atoms with van der Waals surface area (Å²) < 4.78 is 0. The van der Waals surface area contributed by atoms with E-state index in [4.69, 9.17) is 0 Å². The van der Waals surface area contributed by atoms with Gasteiger partial charge in [-0.3, -0.25) is 4.79 Å². The van der Waals surface area contributed by atoms with E-state index in [2.05, 4.69) is 0 Å². The molecule has 0 rings (SSSR count). The van der Waals surface area contributed by atoms with E-state index in [1.807, 2.05) is 0 Å². The van der Waals surface area contributed by atoms with Gasteiger partial charge in [-0.1, -0.05) is 6.92 Å². The van der Waals surface area contributed by atoms with Crippen molar-refractivity contribution in [3.8, 4) is 0 Å². The summed E-state index contributed by atoms with van der Waals surface area (Å²) in [5.41, 5.74) is 0. The molecule has 0 fully saturated rings. The molecule has 0 saturated carbocycles. The van der Waals surface area contributed by atoms with Crippen LogP contribution in [0.25, 0.3) is 0 Å². The van der Waals surface area contributed by atoms with E-state index < -0.39 is 0 Å². The first kappa shape index (κ1) is 10.8. The molecule has 0 spiro atoms. The molecular weight excluding hydrogens is 287 g/mol. The predicted octanol–water partition coefficient (Wildman–Crippen LogP) is -0.163. The zero-order chi connectivity index (χ0) is 5.86. The Morgan fingerprint density at radius 1 is 1.50 bits per heavy atom. The molecular formula is C5H7O2Pt+. The van der Waals surface area contributed by atoms with Crippen molar-refractivity contribution in [3.63, 3.8) is 0 Å². The van der Waals surface area contributed by atoms with Crippen LogP contribution in [0.15, 0.2) is 11.8 Å². The predicted molar refractivity (Wildman–Crippen MR) is 24.4 cm³/mol. The smallest absolute Gasteiger partial charge is 0.876 e. The summed E-state index contributed by atoms with van der Waals surface area (Å²) in [5, 5.41) is 9.98. The van der Waals surface area contributed by atoms with E-state index in [1.165, 1.54) is 13.8 Å². The van der Waals surface area contributed by atoms with Crippen molar-refractivity contribution in [2.24, 2.45) is 0 Å². The molecule has 0 N–H and O–H groups in total. The second-order valence-corrected chi connectivity index (χ2v) is 1.37. The molecule has 0 radical (unpaired) electrons. The van der Waals surface area contributed by atoms with Crippen LogP contribution >= 0.6 is 0 Å². The molecule has 0 aliphatic carbocycles. The molecule has 0 aromatic heterocycles. The van der Waals surface area contributed by atoms with Crippen molar-refractivity contribution in [3.05, 3.63) is 11.8 Å². The Morgan fingerprint density at radius 3 is 1.88 bits per heavy atom. The van der Waals surface area contributed by atoms with Crippen LogP contribution in [0.1, 0.15) is 13.8 Å². The quantitative estimate of drug-likeness (QED) is 0.498. The minimum atomic E-state index is -0.187. The van der Waals surface area contributed by atoms with E-state index in [9.17, 15) is 9.90 Å². The Bertz CT molecular complexity index is 103. The van der Waals surface area contributed by atoms with E-state index in [1.54, 1.807) is 0 Å². The van der Waals surface area contributed by atoms with E-state index in [-0.39, 0.29) is 32.6 Å². The second kappa shape index (κ2) is 5.04. The summed E-state index contributed by atoms with van der Waals surface area (Å²) in [6.07, 6.45) is 1.06. The third kappa shape index (κ3) is 9.31. The van der Waals surface area contributed by atoms with Crippen LogP contribution in [0.2, 0.25) is 0 Å². The van der Waals surface area contributed by atoms with Gasteiger partial charge in [0.2, 0.25) is 0 Å². The third-order valence-corrected chi connectivity index (χ3v) is 0.407. The van der Waals surface area contributed by atoms with Gasteiger partial charge in [-0.15, -0.1) is 5.76 Å². The number of hydrogen-bond donors (Lipinski definition) is 0. The van der Waals surface area contributed by atoms with Crippen molar-refractivity contribution in [2.45, 2.75) is 13.8 Å². The molecule has 0 saturated heterocycles. The maximum Gasteiger partial charge on any atom is 2.00 e. The summed E-state index contributed by atoms with van der Waals surface area (Å²) in [4.78, 5) is 9.98. The summed E-state index contributed by atoms with van der Waals surface area (Å²) in [6.45, 7) is 2.70. The van der Waals surface area contributed by atoms with E-state index in [0.717, 1.165) is 6.08 Å². The van der Waals surface area contributed by atoms with Gasteiger partial charge in [-0.05, 0) is 13.0 Å². The fourth-order valence-corrected chi connectivity index (χ4v) is 0.286. The number of allylic oxidation sites excluding steroid dienone is 2. The first-order chi connectivity index (χ1) is 3.13. The van der Waals surface area contributed by atoms with Gasteiger partial charge in [0.1, 0.15) is 0 Å². The largest absolute Gasteiger partial charge is 2.00 e. The first-order valence-corrected chi connectivity index (χ1v) is 1.99. The molecule has 3 heteroatoms. The fraction of sp³-hybridized carbons (Fsp3) is 0.400. The zero-order valence-corrected chi connectivity index (χ0v) is 6.98. The van der Waals surface area contributed by atoms with Crippen molar-refractivity contribution in [1.29, 1.82) is 0 Å². The fourth-order valence-electron chi connectivity index (χ4n) is 0.286. The molecule has 2 nitrogen and oxygen atoms in total. The first-order valence-electron chi connectivity index (χ1n) is 1.99. The standard InChI is InChI=1S/C5H8O2.Pt/c1-4(6)3-5(2)7;/h3,6H,1-2H3;/q;+2/p-1/b4-3-;.